The summed E-state index contributed by atoms with van der Waals surface area (Å²) in [5.74, 6) is 0.0449. The molecule has 1 amide bonds. The summed E-state index contributed by atoms with van der Waals surface area (Å²) in [6, 6.07) is 10.4. The van der Waals surface area contributed by atoms with Crippen molar-refractivity contribution in [2.75, 3.05) is 0 Å². The third-order valence-corrected chi connectivity index (χ3v) is 2.51. The number of phenolic OH excluding ortho intramolecular Hbond substituents is 1. The van der Waals surface area contributed by atoms with Crippen LogP contribution < -0.4 is 5.32 Å². The summed E-state index contributed by atoms with van der Waals surface area (Å²) in [6.07, 6.45) is 6.54. The van der Waals surface area contributed by atoms with Crippen molar-refractivity contribution >= 4 is 12.0 Å². The average molecular weight is 254 g/mol. The molecule has 2 rings (SSSR count). The lowest BCUT2D eigenvalue weighted by Crippen LogP contribution is -2.20. The number of carbonyl (C=O) groups excluding carboxylic acids is 1. The van der Waals surface area contributed by atoms with E-state index in [0.717, 1.165) is 11.1 Å². The van der Waals surface area contributed by atoms with Gasteiger partial charge in [0.15, 0.2) is 0 Å². The molecule has 19 heavy (non-hydrogen) atoms. The zero-order valence-electron chi connectivity index (χ0n) is 10.3. The van der Waals surface area contributed by atoms with Gasteiger partial charge < -0.3 is 10.4 Å². The molecule has 0 spiro atoms. The molecule has 0 aliphatic carbocycles. The normalized spacial score (nSPS) is 10.5. The highest BCUT2D eigenvalue weighted by Crippen LogP contribution is 2.09. The summed E-state index contributed by atoms with van der Waals surface area (Å²) >= 11 is 0. The summed E-state index contributed by atoms with van der Waals surface area (Å²) in [5.41, 5.74) is 1.81. The summed E-state index contributed by atoms with van der Waals surface area (Å²) in [6.45, 7) is 0.427. The van der Waals surface area contributed by atoms with Gasteiger partial charge in [0.25, 0.3) is 0 Å². The van der Waals surface area contributed by atoms with E-state index in [4.69, 9.17) is 5.11 Å². The van der Waals surface area contributed by atoms with E-state index < -0.39 is 0 Å². The topological polar surface area (TPSA) is 62.2 Å². The van der Waals surface area contributed by atoms with Crippen molar-refractivity contribution in [1.82, 2.24) is 10.3 Å². The quantitative estimate of drug-likeness (QED) is 0.821. The SMILES string of the molecule is O=C(C=Cc1cccnc1)NCc1ccc(O)cc1. The third kappa shape index (κ3) is 4.27. The van der Waals surface area contributed by atoms with Crippen molar-refractivity contribution in [3.8, 4) is 5.75 Å². The first-order valence-corrected chi connectivity index (χ1v) is 5.88. The number of rotatable bonds is 4. The van der Waals surface area contributed by atoms with Crippen LogP contribution in [0.4, 0.5) is 0 Å². The molecule has 2 N–H and O–H groups in total. The number of hydrogen-bond donors (Lipinski definition) is 2. The van der Waals surface area contributed by atoms with Crippen molar-refractivity contribution < 1.29 is 9.90 Å². The largest absolute Gasteiger partial charge is 0.508 e. The minimum atomic E-state index is -0.170. The van der Waals surface area contributed by atoms with Gasteiger partial charge in [-0.1, -0.05) is 18.2 Å². The molecule has 0 fully saturated rings. The minimum absolute atomic E-state index is 0.170. The van der Waals surface area contributed by atoms with Gasteiger partial charge in [-0.3, -0.25) is 9.78 Å². The molecule has 1 aromatic heterocycles. The second-order valence-electron chi connectivity index (χ2n) is 4.00. The Balaban J connectivity index is 1.85. The van der Waals surface area contributed by atoms with Crippen LogP contribution in [0.2, 0.25) is 0 Å². The summed E-state index contributed by atoms with van der Waals surface area (Å²) in [7, 11) is 0. The van der Waals surface area contributed by atoms with Crippen LogP contribution in [-0.4, -0.2) is 16.0 Å². The Labute approximate surface area is 111 Å². The summed E-state index contributed by atoms with van der Waals surface area (Å²) < 4.78 is 0. The molecule has 4 heteroatoms. The summed E-state index contributed by atoms with van der Waals surface area (Å²) in [4.78, 5) is 15.5. The molecule has 0 saturated carbocycles. The van der Waals surface area contributed by atoms with Crippen LogP contribution in [0.1, 0.15) is 11.1 Å². The molecule has 0 bridgehead atoms. The number of nitrogens with one attached hydrogen (secondary N) is 1. The first-order chi connectivity index (χ1) is 9.24. The van der Waals surface area contributed by atoms with Crippen LogP contribution in [0.3, 0.4) is 0 Å². The van der Waals surface area contributed by atoms with Gasteiger partial charge >= 0.3 is 0 Å². The van der Waals surface area contributed by atoms with Crippen molar-refractivity contribution in [1.29, 1.82) is 0 Å². The van der Waals surface area contributed by atoms with E-state index in [2.05, 4.69) is 10.3 Å². The molecule has 0 unspecified atom stereocenters. The fourth-order valence-electron chi connectivity index (χ4n) is 1.51. The number of pyridine rings is 1. The molecule has 1 aromatic carbocycles. The van der Waals surface area contributed by atoms with Crippen LogP contribution in [-0.2, 0) is 11.3 Å². The van der Waals surface area contributed by atoms with Crippen LogP contribution in [0.5, 0.6) is 5.75 Å². The lowest BCUT2D eigenvalue weighted by atomic mass is 10.2. The van der Waals surface area contributed by atoms with E-state index in [1.165, 1.54) is 6.08 Å². The number of aromatic hydroxyl groups is 1. The highest BCUT2D eigenvalue weighted by Gasteiger charge is 1.97. The number of amides is 1. The molecule has 0 aliphatic rings. The smallest absolute Gasteiger partial charge is 0.244 e. The second kappa shape index (κ2) is 6.35. The Morgan fingerprint density at radius 1 is 1.26 bits per heavy atom. The zero-order chi connectivity index (χ0) is 13.5. The minimum Gasteiger partial charge on any atom is -0.508 e. The van der Waals surface area contributed by atoms with Gasteiger partial charge in [0.2, 0.25) is 5.91 Å². The standard InChI is InChI=1S/C15H14N2O2/c18-14-6-3-13(4-7-14)11-17-15(19)8-5-12-2-1-9-16-10-12/h1-10,18H,11H2,(H,17,19). The zero-order valence-corrected chi connectivity index (χ0v) is 10.3. The molecular weight excluding hydrogens is 240 g/mol. The molecule has 1 heterocycles. The molecule has 4 nitrogen and oxygen atoms in total. The second-order valence-corrected chi connectivity index (χ2v) is 4.00. The maximum atomic E-state index is 11.6. The average Bonchev–Trinajstić information content (AvgIpc) is 2.45. The highest BCUT2D eigenvalue weighted by molar-refractivity contribution is 5.91. The number of hydrogen-bond acceptors (Lipinski definition) is 3. The van der Waals surface area contributed by atoms with Gasteiger partial charge in [-0.2, -0.15) is 0 Å². The predicted molar refractivity (Wildman–Crippen MR) is 73.2 cm³/mol. The van der Waals surface area contributed by atoms with Crippen LogP contribution in [0, 0.1) is 0 Å². The van der Waals surface area contributed by atoms with E-state index in [1.54, 1.807) is 42.7 Å². The highest BCUT2D eigenvalue weighted by atomic mass is 16.3. The number of carbonyl (C=O) groups is 1. The van der Waals surface area contributed by atoms with Gasteiger partial charge in [-0.25, -0.2) is 0 Å². The van der Waals surface area contributed by atoms with Gasteiger partial charge in [0, 0.05) is 25.0 Å². The van der Waals surface area contributed by atoms with E-state index in [1.807, 2.05) is 12.1 Å². The lowest BCUT2D eigenvalue weighted by Gasteiger charge is -2.02. The maximum Gasteiger partial charge on any atom is 0.244 e. The van der Waals surface area contributed by atoms with Crippen LogP contribution >= 0.6 is 0 Å². The predicted octanol–water partition coefficient (Wildman–Crippen LogP) is 2.12. The van der Waals surface area contributed by atoms with E-state index in [-0.39, 0.29) is 11.7 Å². The Kier molecular flexibility index (Phi) is 4.29. The van der Waals surface area contributed by atoms with Crippen LogP contribution in [0.25, 0.3) is 6.08 Å². The Bertz CT molecular complexity index is 562. The van der Waals surface area contributed by atoms with Crippen molar-refractivity contribution in [2.45, 2.75) is 6.54 Å². The first-order valence-electron chi connectivity index (χ1n) is 5.88. The van der Waals surface area contributed by atoms with Gasteiger partial charge in [-0.05, 0) is 35.4 Å². The number of phenols is 1. The van der Waals surface area contributed by atoms with Gasteiger partial charge in [-0.15, -0.1) is 0 Å². The molecule has 0 saturated heterocycles. The van der Waals surface area contributed by atoms with Gasteiger partial charge in [0.05, 0.1) is 0 Å². The fourth-order valence-corrected chi connectivity index (χ4v) is 1.51. The maximum absolute atomic E-state index is 11.6. The summed E-state index contributed by atoms with van der Waals surface area (Å²) in [5, 5.41) is 11.9. The number of aromatic nitrogens is 1. The molecule has 96 valence electrons. The van der Waals surface area contributed by atoms with Crippen molar-refractivity contribution in [2.24, 2.45) is 0 Å². The van der Waals surface area contributed by atoms with Crippen molar-refractivity contribution in [3.63, 3.8) is 0 Å². The number of benzene rings is 1. The van der Waals surface area contributed by atoms with Crippen LogP contribution in [0.15, 0.2) is 54.9 Å². The van der Waals surface area contributed by atoms with Gasteiger partial charge in [0.1, 0.15) is 5.75 Å². The monoisotopic (exact) mass is 254 g/mol. The first kappa shape index (κ1) is 12.8. The molecular formula is C15H14N2O2. The molecule has 0 aliphatic heterocycles. The molecule has 2 aromatic rings. The third-order valence-electron chi connectivity index (χ3n) is 2.51. The lowest BCUT2D eigenvalue weighted by molar-refractivity contribution is -0.116. The molecule has 0 radical (unpaired) electrons. The Hall–Kier alpha value is -2.62. The Morgan fingerprint density at radius 3 is 2.74 bits per heavy atom. The van der Waals surface area contributed by atoms with Crippen molar-refractivity contribution in [3.05, 3.63) is 66.0 Å². The fraction of sp³-hybridized carbons (Fsp3) is 0.0667. The van der Waals surface area contributed by atoms with E-state index >= 15 is 0 Å². The van der Waals surface area contributed by atoms with E-state index in [9.17, 15) is 4.79 Å². The van der Waals surface area contributed by atoms with E-state index in [0.29, 0.717) is 6.54 Å². The Morgan fingerprint density at radius 2 is 2.05 bits per heavy atom. The molecule has 0 atom stereocenters. The number of nitrogens with zero attached hydrogens (tertiary/aromatic N) is 1.